The third kappa shape index (κ3) is 2.66. The number of rotatable bonds is 4. The first kappa shape index (κ1) is 19.9. The summed E-state index contributed by atoms with van der Waals surface area (Å²) in [6, 6.07) is 6.57. The number of hydrogen-bond donors (Lipinski definition) is 4. The molecule has 1 aliphatic heterocycles. The zero-order chi connectivity index (χ0) is 22.4. The van der Waals surface area contributed by atoms with E-state index in [1.807, 2.05) is 0 Å². The summed E-state index contributed by atoms with van der Waals surface area (Å²) in [5.74, 6) is -7.22. The van der Waals surface area contributed by atoms with Crippen LogP contribution in [0.1, 0.15) is 52.6 Å². The number of hydrogen-bond acceptors (Lipinski definition) is 7. The second-order valence-corrected chi connectivity index (χ2v) is 6.08. The van der Waals surface area contributed by atoms with Gasteiger partial charge in [0, 0.05) is 11.1 Å². The minimum Gasteiger partial charge on any atom is -0.478 e. The van der Waals surface area contributed by atoms with Gasteiger partial charge in [0.05, 0.1) is 34.4 Å². The molecule has 3 rings (SSSR count). The van der Waals surface area contributed by atoms with E-state index >= 15 is 0 Å². The first-order chi connectivity index (χ1) is 14.1. The molecule has 0 spiro atoms. The molecule has 1 aliphatic rings. The maximum atomic E-state index is 11.5. The van der Waals surface area contributed by atoms with E-state index in [0.717, 1.165) is 24.3 Å². The molecule has 0 radical (unpaired) electrons. The number of ether oxygens (including phenoxy) is 1. The van der Waals surface area contributed by atoms with Crippen LogP contribution in [0.15, 0.2) is 24.3 Å². The number of carboxylic acid groups (broad SMARTS) is 4. The van der Waals surface area contributed by atoms with Gasteiger partial charge in [0.2, 0.25) is 5.41 Å². The first-order valence-corrected chi connectivity index (χ1v) is 7.88. The number of carboxylic acids is 4. The lowest BCUT2D eigenvalue weighted by Crippen LogP contribution is -2.30. The Labute approximate surface area is 166 Å². The SMILES string of the molecule is N#CC1(C#N)c2cc(C(=O)O)c(C(=O)O)cc2Oc2cc(C(=O)O)c(C(=O)O)cc21. The Kier molecular flexibility index (Phi) is 4.38. The molecule has 0 amide bonds. The zero-order valence-electron chi connectivity index (χ0n) is 14.5. The summed E-state index contributed by atoms with van der Waals surface area (Å²) >= 11 is 0. The topological polar surface area (TPSA) is 206 Å². The Bertz CT molecular complexity index is 1170. The van der Waals surface area contributed by atoms with E-state index in [-0.39, 0.29) is 22.6 Å². The van der Waals surface area contributed by atoms with Crippen LogP contribution < -0.4 is 4.74 Å². The number of nitrogens with zero attached hydrogens (tertiary/aromatic N) is 2. The maximum Gasteiger partial charge on any atom is 0.336 e. The molecule has 0 atom stereocenters. The minimum absolute atomic E-state index is 0.318. The predicted molar refractivity (Wildman–Crippen MR) is 92.8 cm³/mol. The fourth-order valence-electron chi connectivity index (χ4n) is 3.15. The Hall–Kier alpha value is -4.90. The van der Waals surface area contributed by atoms with Crippen molar-refractivity contribution in [3.05, 3.63) is 57.6 Å². The maximum absolute atomic E-state index is 11.5. The lowest BCUT2D eigenvalue weighted by Gasteiger charge is -2.31. The van der Waals surface area contributed by atoms with Crippen molar-refractivity contribution in [2.24, 2.45) is 0 Å². The van der Waals surface area contributed by atoms with Gasteiger partial charge in [-0.15, -0.1) is 0 Å². The molecular weight excluding hydrogens is 400 g/mol. The van der Waals surface area contributed by atoms with E-state index in [1.54, 1.807) is 12.1 Å². The van der Waals surface area contributed by atoms with Crippen molar-refractivity contribution in [1.29, 1.82) is 10.5 Å². The summed E-state index contributed by atoms with van der Waals surface area (Å²) < 4.78 is 5.47. The Morgan fingerprint density at radius 1 is 0.667 bits per heavy atom. The van der Waals surface area contributed by atoms with Crippen LogP contribution >= 0.6 is 0 Å². The van der Waals surface area contributed by atoms with Gasteiger partial charge >= 0.3 is 23.9 Å². The fourth-order valence-corrected chi connectivity index (χ4v) is 3.15. The molecule has 11 nitrogen and oxygen atoms in total. The van der Waals surface area contributed by atoms with Gasteiger partial charge in [-0.05, 0) is 24.3 Å². The Morgan fingerprint density at radius 2 is 0.967 bits per heavy atom. The van der Waals surface area contributed by atoms with Crippen molar-refractivity contribution in [3.8, 4) is 23.6 Å². The van der Waals surface area contributed by atoms with E-state index in [2.05, 4.69) is 0 Å². The highest BCUT2D eigenvalue weighted by Gasteiger charge is 2.46. The molecule has 2 aromatic rings. The van der Waals surface area contributed by atoms with Gasteiger partial charge in [-0.25, -0.2) is 19.2 Å². The van der Waals surface area contributed by atoms with Gasteiger partial charge < -0.3 is 25.2 Å². The van der Waals surface area contributed by atoms with Crippen LogP contribution in [-0.2, 0) is 5.41 Å². The highest BCUT2D eigenvalue weighted by molar-refractivity contribution is 6.04. The average molecular weight is 408 g/mol. The van der Waals surface area contributed by atoms with Gasteiger partial charge in [-0.3, -0.25) is 0 Å². The largest absolute Gasteiger partial charge is 0.478 e. The minimum atomic E-state index is -2.29. The zero-order valence-corrected chi connectivity index (χ0v) is 14.5. The molecule has 11 heteroatoms. The van der Waals surface area contributed by atoms with Gasteiger partial charge in [-0.2, -0.15) is 10.5 Å². The third-order valence-corrected chi connectivity index (χ3v) is 4.52. The molecule has 0 fully saturated rings. The smallest absolute Gasteiger partial charge is 0.336 e. The van der Waals surface area contributed by atoms with E-state index in [9.17, 15) is 50.1 Å². The Balaban J connectivity index is 2.45. The molecule has 0 unspecified atom stereocenters. The van der Waals surface area contributed by atoms with Crippen molar-refractivity contribution in [3.63, 3.8) is 0 Å². The molecule has 0 aliphatic carbocycles. The molecule has 2 aromatic carbocycles. The van der Waals surface area contributed by atoms with Crippen LogP contribution in [0.4, 0.5) is 0 Å². The van der Waals surface area contributed by atoms with Crippen LogP contribution in [0, 0.1) is 22.7 Å². The van der Waals surface area contributed by atoms with Crippen molar-refractivity contribution < 1.29 is 44.3 Å². The fraction of sp³-hybridized carbons (Fsp3) is 0.0526. The molecule has 0 bridgehead atoms. The number of aromatic carboxylic acids is 4. The normalized spacial score (nSPS) is 12.9. The second-order valence-electron chi connectivity index (χ2n) is 6.08. The van der Waals surface area contributed by atoms with Crippen molar-refractivity contribution >= 4 is 23.9 Å². The summed E-state index contributed by atoms with van der Waals surface area (Å²) in [6.45, 7) is 0. The Morgan fingerprint density at radius 3 is 1.23 bits per heavy atom. The summed E-state index contributed by atoms with van der Waals surface area (Å²) in [5, 5.41) is 56.8. The lowest BCUT2D eigenvalue weighted by atomic mass is 9.73. The highest BCUT2D eigenvalue weighted by Crippen LogP contribution is 2.49. The number of benzene rings is 2. The summed E-state index contributed by atoms with van der Waals surface area (Å²) in [7, 11) is 0. The highest BCUT2D eigenvalue weighted by atomic mass is 16.5. The number of carbonyl (C=O) groups is 4. The molecule has 0 aromatic heterocycles. The molecule has 0 saturated carbocycles. The summed E-state index contributed by atoms with van der Waals surface area (Å²) in [4.78, 5) is 45.8. The second kappa shape index (κ2) is 6.61. The molecular formula is C19H8N2O9. The van der Waals surface area contributed by atoms with Crippen molar-refractivity contribution in [2.75, 3.05) is 0 Å². The summed E-state index contributed by atoms with van der Waals surface area (Å²) in [5.41, 5.74) is -5.73. The molecule has 30 heavy (non-hydrogen) atoms. The van der Waals surface area contributed by atoms with E-state index in [4.69, 9.17) is 4.74 Å². The predicted octanol–water partition coefficient (Wildman–Crippen LogP) is 1.92. The van der Waals surface area contributed by atoms with Crippen molar-refractivity contribution in [2.45, 2.75) is 5.41 Å². The van der Waals surface area contributed by atoms with Crippen LogP contribution in [0.3, 0.4) is 0 Å². The van der Waals surface area contributed by atoms with Crippen LogP contribution in [-0.4, -0.2) is 44.3 Å². The average Bonchev–Trinajstić information content (AvgIpc) is 2.69. The first-order valence-electron chi connectivity index (χ1n) is 7.88. The molecule has 4 N–H and O–H groups in total. The van der Waals surface area contributed by atoms with Crippen molar-refractivity contribution in [1.82, 2.24) is 0 Å². The molecule has 148 valence electrons. The molecule has 1 heterocycles. The van der Waals surface area contributed by atoms with E-state index in [0.29, 0.717) is 0 Å². The van der Waals surface area contributed by atoms with E-state index < -0.39 is 51.5 Å². The molecule has 0 saturated heterocycles. The summed E-state index contributed by atoms with van der Waals surface area (Å²) in [6.07, 6.45) is 0. The standard InChI is InChI=1S/C19H8N2O9/c20-5-19(6-21)11-1-7(15(22)23)9(17(26)27)3-13(11)30-14-4-10(18(28)29)8(16(24)25)2-12(14)19/h1-4H,(H,22,23)(H,24,25)(H,26,27)(H,28,29). The van der Waals surface area contributed by atoms with Gasteiger partial charge in [0.25, 0.3) is 0 Å². The third-order valence-electron chi connectivity index (χ3n) is 4.52. The number of fused-ring (bicyclic) bond motifs is 2. The number of nitriles is 2. The van der Waals surface area contributed by atoms with Gasteiger partial charge in [-0.1, -0.05) is 0 Å². The van der Waals surface area contributed by atoms with Crippen LogP contribution in [0.25, 0.3) is 0 Å². The van der Waals surface area contributed by atoms with Gasteiger partial charge in [0.1, 0.15) is 11.5 Å². The van der Waals surface area contributed by atoms with Crippen LogP contribution in [0.2, 0.25) is 0 Å². The van der Waals surface area contributed by atoms with Crippen LogP contribution in [0.5, 0.6) is 11.5 Å². The van der Waals surface area contributed by atoms with Gasteiger partial charge in [0.15, 0.2) is 0 Å². The lowest BCUT2D eigenvalue weighted by molar-refractivity contribution is 0.0650. The monoisotopic (exact) mass is 408 g/mol. The van der Waals surface area contributed by atoms with E-state index in [1.165, 1.54) is 0 Å². The quantitative estimate of drug-likeness (QED) is 0.574.